The topological polar surface area (TPSA) is 29.9 Å². The lowest BCUT2D eigenvalue weighted by Gasteiger charge is -2.23. The molecule has 0 spiro atoms. The molecule has 1 unspecified atom stereocenters. The van der Waals surface area contributed by atoms with E-state index in [4.69, 9.17) is 17.0 Å². The van der Waals surface area contributed by atoms with Crippen LogP contribution in [0.5, 0.6) is 0 Å². The van der Waals surface area contributed by atoms with Gasteiger partial charge in [-0.3, -0.25) is 0 Å². The van der Waals surface area contributed by atoms with Crippen molar-refractivity contribution in [3.63, 3.8) is 0 Å². The van der Waals surface area contributed by atoms with Gasteiger partial charge in [0.2, 0.25) is 0 Å². The van der Waals surface area contributed by atoms with E-state index in [-0.39, 0.29) is 11.9 Å². The molecule has 1 heterocycles. The zero-order valence-electron chi connectivity index (χ0n) is 11.4. The van der Waals surface area contributed by atoms with Gasteiger partial charge in [-0.2, -0.15) is 0 Å². The van der Waals surface area contributed by atoms with Crippen LogP contribution in [0.4, 0.5) is 4.39 Å². The normalized spacial score (nSPS) is 13.3. The molecule has 0 radical (unpaired) electrons. The Hall–Kier alpha value is -1.20. The number of benzene rings is 1. The maximum atomic E-state index is 13.8. The first-order chi connectivity index (χ1) is 9.06. The number of ether oxygens (including phenoxy) is 1. The number of imidazole rings is 1. The van der Waals surface area contributed by atoms with Gasteiger partial charge >= 0.3 is 0 Å². The fraction of sp³-hybridized carbons (Fsp3) is 0.500. The monoisotopic (exact) mass is 282 g/mol. The number of nitrogens with one attached hydrogen (secondary N) is 1. The van der Waals surface area contributed by atoms with Crippen molar-refractivity contribution in [2.45, 2.75) is 26.8 Å². The van der Waals surface area contributed by atoms with Crippen molar-refractivity contribution in [2.75, 3.05) is 13.2 Å². The highest BCUT2D eigenvalue weighted by molar-refractivity contribution is 7.71. The number of para-hydroxylation sites is 1. The van der Waals surface area contributed by atoms with Crippen LogP contribution in [-0.4, -0.2) is 22.8 Å². The minimum Gasteiger partial charge on any atom is -0.380 e. The van der Waals surface area contributed by atoms with Gasteiger partial charge < -0.3 is 14.3 Å². The Balaban J connectivity index is 2.56. The Labute approximate surface area is 117 Å². The number of fused-ring (bicyclic) bond motifs is 1. The average Bonchev–Trinajstić information content (AvgIpc) is 2.68. The second kappa shape index (κ2) is 5.84. The van der Waals surface area contributed by atoms with Crippen LogP contribution >= 0.6 is 12.2 Å². The first-order valence-electron chi connectivity index (χ1n) is 6.52. The molecule has 0 fully saturated rings. The summed E-state index contributed by atoms with van der Waals surface area (Å²) in [6.45, 7) is 7.43. The van der Waals surface area contributed by atoms with Gasteiger partial charge in [0.05, 0.1) is 18.2 Å². The Morgan fingerprint density at radius 2 is 2.16 bits per heavy atom. The molecule has 1 atom stereocenters. The van der Waals surface area contributed by atoms with Crippen LogP contribution in [0, 0.1) is 16.5 Å². The summed E-state index contributed by atoms with van der Waals surface area (Å²) in [4.78, 5) is 2.95. The van der Waals surface area contributed by atoms with Gasteiger partial charge in [0.15, 0.2) is 4.77 Å². The molecule has 1 N–H and O–H groups in total. The molecule has 104 valence electrons. The van der Waals surface area contributed by atoms with E-state index in [2.05, 4.69) is 18.8 Å². The van der Waals surface area contributed by atoms with Crippen LogP contribution in [0.3, 0.4) is 0 Å². The van der Waals surface area contributed by atoms with E-state index in [1.165, 1.54) is 6.07 Å². The van der Waals surface area contributed by atoms with Gasteiger partial charge in [-0.05, 0) is 37.2 Å². The Bertz CT molecular complexity index is 617. The van der Waals surface area contributed by atoms with Crippen LogP contribution in [-0.2, 0) is 4.74 Å². The third-order valence-corrected chi connectivity index (χ3v) is 3.59. The minimum absolute atomic E-state index is 0.1000. The Morgan fingerprint density at radius 3 is 2.79 bits per heavy atom. The second-order valence-electron chi connectivity index (χ2n) is 4.90. The predicted molar refractivity (Wildman–Crippen MR) is 77.4 cm³/mol. The van der Waals surface area contributed by atoms with Crippen molar-refractivity contribution in [1.82, 2.24) is 9.55 Å². The molecule has 5 heteroatoms. The molecule has 0 aliphatic carbocycles. The van der Waals surface area contributed by atoms with Crippen molar-refractivity contribution in [1.29, 1.82) is 0 Å². The number of rotatable bonds is 5. The highest BCUT2D eigenvalue weighted by Gasteiger charge is 2.20. The quantitative estimate of drug-likeness (QED) is 0.838. The predicted octanol–water partition coefficient (Wildman–Crippen LogP) is 4.07. The molecular weight excluding hydrogens is 263 g/mol. The lowest BCUT2D eigenvalue weighted by atomic mass is 10.0. The van der Waals surface area contributed by atoms with E-state index in [9.17, 15) is 4.39 Å². The molecule has 0 bridgehead atoms. The molecule has 0 aliphatic heterocycles. The third kappa shape index (κ3) is 2.72. The van der Waals surface area contributed by atoms with Gasteiger partial charge in [-0.15, -0.1) is 0 Å². The van der Waals surface area contributed by atoms with Crippen LogP contribution in [0.25, 0.3) is 11.0 Å². The summed E-state index contributed by atoms with van der Waals surface area (Å²) < 4.78 is 21.8. The second-order valence-corrected chi connectivity index (χ2v) is 5.29. The number of halogens is 1. The van der Waals surface area contributed by atoms with E-state index in [0.717, 1.165) is 5.52 Å². The first kappa shape index (κ1) is 14.2. The summed E-state index contributed by atoms with van der Waals surface area (Å²) in [7, 11) is 0. The fourth-order valence-corrected chi connectivity index (χ4v) is 2.58. The first-order valence-corrected chi connectivity index (χ1v) is 6.93. The maximum Gasteiger partial charge on any atom is 0.178 e. The molecule has 1 aromatic heterocycles. The van der Waals surface area contributed by atoms with Crippen LogP contribution in [0.15, 0.2) is 18.2 Å². The number of H-pyrrole nitrogens is 1. The number of aromatic amines is 1. The largest absolute Gasteiger partial charge is 0.380 e. The SMILES string of the molecule is CCOCC(C(C)C)n1c(=S)[nH]c2c(F)cccc21. The summed E-state index contributed by atoms with van der Waals surface area (Å²) >= 11 is 5.34. The standard InChI is InChI=1S/C14H19FN2OS/c1-4-18-8-12(9(2)3)17-11-7-5-6-10(15)13(11)16-14(17)19/h5-7,9,12H,4,8H2,1-3H3,(H,16,19). The third-order valence-electron chi connectivity index (χ3n) is 3.30. The minimum atomic E-state index is -0.277. The molecule has 0 amide bonds. The van der Waals surface area contributed by atoms with Crippen LogP contribution in [0.1, 0.15) is 26.8 Å². The van der Waals surface area contributed by atoms with Gasteiger partial charge in [-0.25, -0.2) is 4.39 Å². The highest BCUT2D eigenvalue weighted by atomic mass is 32.1. The summed E-state index contributed by atoms with van der Waals surface area (Å²) in [6, 6.07) is 5.12. The van der Waals surface area contributed by atoms with Crippen LogP contribution in [0.2, 0.25) is 0 Å². The molecule has 0 saturated heterocycles. The van der Waals surface area contributed by atoms with Crippen molar-refractivity contribution in [3.8, 4) is 0 Å². The van der Waals surface area contributed by atoms with Gasteiger partial charge in [0.1, 0.15) is 11.3 Å². The van der Waals surface area contributed by atoms with Gasteiger partial charge in [-0.1, -0.05) is 19.9 Å². The summed E-state index contributed by atoms with van der Waals surface area (Å²) in [5.41, 5.74) is 1.26. The molecule has 1 aromatic carbocycles. The van der Waals surface area contributed by atoms with Crippen LogP contribution < -0.4 is 0 Å². The Morgan fingerprint density at radius 1 is 1.42 bits per heavy atom. The highest BCUT2D eigenvalue weighted by Crippen LogP contribution is 2.26. The van der Waals surface area contributed by atoms with Crippen molar-refractivity contribution in [3.05, 3.63) is 28.8 Å². The van der Waals surface area contributed by atoms with Gasteiger partial charge in [0.25, 0.3) is 0 Å². The van der Waals surface area contributed by atoms with E-state index in [0.29, 0.717) is 29.4 Å². The van der Waals surface area contributed by atoms with E-state index < -0.39 is 0 Å². The smallest absolute Gasteiger partial charge is 0.178 e. The number of nitrogens with zero attached hydrogens (tertiary/aromatic N) is 1. The lowest BCUT2D eigenvalue weighted by molar-refractivity contribution is 0.0974. The van der Waals surface area contributed by atoms with E-state index in [1.54, 1.807) is 6.07 Å². The molecule has 3 nitrogen and oxygen atoms in total. The molecular formula is C14H19FN2OS. The molecule has 0 aliphatic rings. The van der Waals surface area contributed by atoms with Crippen molar-refractivity contribution < 1.29 is 9.13 Å². The van der Waals surface area contributed by atoms with Crippen molar-refractivity contribution in [2.24, 2.45) is 5.92 Å². The summed E-state index contributed by atoms with van der Waals surface area (Å²) in [6.07, 6.45) is 0. The van der Waals surface area contributed by atoms with Crippen molar-refractivity contribution >= 4 is 23.3 Å². The number of hydrogen-bond acceptors (Lipinski definition) is 2. The maximum absolute atomic E-state index is 13.8. The zero-order valence-corrected chi connectivity index (χ0v) is 12.3. The number of hydrogen-bond donors (Lipinski definition) is 1. The summed E-state index contributed by atoms with van der Waals surface area (Å²) in [5, 5.41) is 0. The molecule has 2 rings (SSSR count). The Kier molecular flexibility index (Phi) is 4.37. The number of aromatic nitrogens is 2. The molecule has 19 heavy (non-hydrogen) atoms. The molecule has 0 saturated carbocycles. The van der Waals surface area contributed by atoms with E-state index in [1.807, 2.05) is 17.6 Å². The van der Waals surface area contributed by atoms with E-state index >= 15 is 0 Å². The average molecular weight is 282 g/mol. The fourth-order valence-electron chi connectivity index (χ4n) is 2.25. The lowest BCUT2D eigenvalue weighted by Crippen LogP contribution is -2.21. The summed E-state index contributed by atoms with van der Waals surface area (Å²) in [5.74, 6) is 0.0711. The van der Waals surface area contributed by atoms with Gasteiger partial charge in [0, 0.05) is 6.61 Å². The molecule has 2 aromatic rings. The zero-order chi connectivity index (χ0) is 14.0.